The molecule has 0 aliphatic carbocycles. The van der Waals surface area contributed by atoms with Crippen LogP contribution in [0.3, 0.4) is 0 Å². The number of aromatic nitrogens is 1. The fraction of sp³-hybridized carbons (Fsp3) is 0.0789. The molecule has 0 amide bonds. The molecule has 1 aromatic heterocycles. The van der Waals surface area contributed by atoms with Gasteiger partial charge in [-0.1, -0.05) is 97.1 Å². The van der Waals surface area contributed by atoms with Gasteiger partial charge in [-0.25, -0.2) is 0 Å². The predicted molar refractivity (Wildman–Crippen MR) is 184 cm³/mol. The maximum atomic E-state index is 10.4. The van der Waals surface area contributed by atoms with Crippen LogP contribution in [0, 0.1) is 0 Å². The van der Waals surface area contributed by atoms with E-state index in [0.717, 1.165) is 38.6 Å². The van der Waals surface area contributed by atoms with Gasteiger partial charge in [0, 0.05) is 12.4 Å². The first-order valence-electron chi connectivity index (χ1n) is 14.6. The summed E-state index contributed by atoms with van der Waals surface area (Å²) in [5.41, 5.74) is 5.09. The lowest BCUT2D eigenvalue weighted by Gasteiger charge is -2.12. The summed E-state index contributed by atoms with van der Waals surface area (Å²) in [4.78, 5) is 12.7. The minimum atomic E-state index is -1.01. The van der Waals surface area contributed by atoms with Crippen LogP contribution in [0.2, 0.25) is 0 Å². The van der Waals surface area contributed by atoms with Crippen molar-refractivity contribution in [3.63, 3.8) is 0 Å². The second kappa shape index (κ2) is 14.5. The zero-order valence-corrected chi connectivity index (χ0v) is 25.0. The standard InChI is InChI=1S/C38H33N3O5/c1-39-21-7-12-25(29-13-8-22-40-23-29)9-3-5-16-33(41-24-32-34(42)36(44)38(46)37(45)35(32)43)28-19-17-27(18-20-28)31-15-6-11-26-10-2-4-14-30(26)31/h2,4-20,22-23,42-46H,1,3,21,24H2/b12-7-,16-5+,25-9+,41-33+. The van der Waals surface area contributed by atoms with E-state index in [9.17, 15) is 25.5 Å². The van der Waals surface area contributed by atoms with E-state index in [0.29, 0.717) is 18.7 Å². The maximum Gasteiger partial charge on any atom is 0.208 e. The summed E-state index contributed by atoms with van der Waals surface area (Å²) in [5.74, 6) is -4.43. The average molecular weight is 612 g/mol. The summed E-state index contributed by atoms with van der Waals surface area (Å²) < 4.78 is 0. The molecule has 8 heteroatoms. The molecule has 4 aromatic carbocycles. The smallest absolute Gasteiger partial charge is 0.208 e. The third-order valence-electron chi connectivity index (χ3n) is 7.43. The molecular weight excluding hydrogens is 578 g/mol. The molecule has 0 unspecified atom stereocenters. The van der Waals surface area contributed by atoms with E-state index in [1.54, 1.807) is 12.4 Å². The topological polar surface area (TPSA) is 139 Å². The van der Waals surface area contributed by atoms with Crippen molar-refractivity contribution < 1.29 is 25.5 Å². The molecule has 0 saturated carbocycles. The van der Waals surface area contributed by atoms with Crippen molar-refractivity contribution in [2.45, 2.75) is 13.0 Å². The van der Waals surface area contributed by atoms with Gasteiger partial charge in [-0.05, 0) is 63.9 Å². The predicted octanol–water partition coefficient (Wildman–Crippen LogP) is 7.71. The van der Waals surface area contributed by atoms with E-state index >= 15 is 0 Å². The number of hydrogen-bond donors (Lipinski definition) is 5. The van der Waals surface area contributed by atoms with Crippen molar-refractivity contribution in [2.75, 3.05) is 6.54 Å². The molecule has 0 aliphatic rings. The minimum Gasteiger partial charge on any atom is -0.504 e. The Morgan fingerprint density at radius 3 is 2.15 bits per heavy atom. The lowest BCUT2D eigenvalue weighted by atomic mass is 9.96. The van der Waals surface area contributed by atoms with Crippen LogP contribution in [0.15, 0.2) is 132 Å². The Morgan fingerprint density at radius 1 is 0.717 bits per heavy atom. The molecule has 5 N–H and O–H groups in total. The maximum absolute atomic E-state index is 10.4. The molecule has 0 atom stereocenters. The van der Waals surface area contributed by atoms with Gasteiger partial charge in [0.05, 0.1) is 24.4 Å². The summed E-state index contributed by atoms with van der Waals surface area (Å²) in [6.07, 6.45) is 13.7. The molecule has 1 heterocycles. The van der Waals surface area contributed by atoms with Crippen molar-refractivity contribution in [2.24, 2.45) is 9.98 Å². The highest BCUT2D eigenvalue weighted by Crippen LogP contribution is 2.50. The SMILES string of the molecule is C=NC/C=C\C(=C/C/C=C/C(=N\Cc1c(O)c(O)c(O)c(O)c1O)c1ccc(-c2cccc3ccccc23)cc1)c1cccnc1. The Labute approximate surface area is 266 Å². The fourth-order valence-electron chi connectivity index (χ4n) is 5.03. The van der Waals surface area contributed by atoms with E-state index in [4.69, 9.17) is 0 Å². The van der Waals surface area contributed by atoms with Crippen molar-refractivity contribution in [3.05, 3.63) is 138 Å². The van der Waals surface area contributed by atoms with Gasteiger partial charge in [0.1, 0.15) is 0 Å². The van der Waals surface area contributed by atoms with Crippen LogP contribution in [0.1, 0.15) is 23.1 Å². The van der Waals surface area contributed by atoms with Gasteiger partial charge >= 0.3 is 0 Å². The number of rotatable bonds is 11. The summed E-state index contributed by atoms with van der Waals surface area (Å²) in [6, 6.07) is 26.1. The highest BCUT2D eigenvalue weighted by atomic mass is 16.4. The van der Waals surface area contributed by atoms with E-state index in [1.807, 2.05) is 85.0 Å². The number of aliphatic imine (C=N–C) groups is 2. The molecule has 8 nitrogen and oxygen atoms in total. The normalized spacial score (nSPS) is 12.3. The molecule has 0 radical (unpaired) electrons. The number of hydrogen-bond acceptors (Lipinski definition) is 8. The van der Waals surface area contributed by atoms with Crippen molar-refractivity contribution in [1.82, 2.24) is 4.98 Å². The zero-order chi connectivity index (χ0) is 32.5. The average Bonchev–Trinajstić information content (AvgIpc) is 3.10. The zero-order valence-electron chi connectivity index (χ0n) is 25.0. The van der Waals surface area contributed by atoms with Gasteiger partial charge in [-0.15, -0.1) is 0 Å². The van der Waals surface area contributed by atoms with Gasteiger partial charge in [0.25, 0.3) is 0 Å². The highest BCUT2D eigenvalue weighted by Gasteiger charge is 2.22. The van der Waals surface area contributed by atoms with E-state index in [2.05, 4.69) is 46.0 Å². The molecular formula is C38H33N3O5. The Kier molecular flexibility index (Phi) is 9.89. The second-order valence-corrected chi connectivity index (χ2v) is 10.4. The first-order chi connectivity index (χ1) is 22.4. The number of phenols is 5. The molecule has 5 rings (SSSR count). The summed E-state index contributed by atoms with van der Waals surface area (Å²) in [5, 5.41) is 52.9. The third kappa shape index (κ3) is 6.97. The van der Waals surface area contributed by atoms with Gasteiger partial charge < -0.3 is 25.5 Å². The minimum absolute atomic E-state index is 0.231. The van der Waals surface area contributed by atoms with Crippen molar-refractivity contribution >= 4 is 28.8 Å². The third-order valence-corrected chi connectivity index (χ3v) is 7.43. The number of allylic oxidation sites excluding steroid dienone is 5. The molecule has 0 spiro atoms. The van der Waals surface area contributed by atoms with Crippen LogP contribution in [0.5, 0.6) is 28.7 Å². The van der Waals surface area contributed by atoms with Gasteiger partial charge in [-0.3, -0.25) is 15.0 Å². The molecule has 46 heavy (non-hydrogen) atoms. The Balaban J connectivity index is 1.49. The van der Waals surface area contributed by atoms with E-state index in [-0.39, 0.29) is 12.1 Å². The number of phenolic OH excluding ortho intramolecular Hbond substituents is 5. The van der Waals surface area contributed by atoms with Crippen LogP contribution in [-0.2, 0) is 6.54 Å². The highest BCUT2D eigenvalue weighted by molar-refractivity contribution is 6.09. The summed E-state index contributed by atoms with van der Waals surface area (Å²) in [6.45, 7) is 3.72. The van der Waals surface area contributed by atoms with Gasteiger partial charge in [-0.2, -0.15) is 0 Å². The summed E-state index contributed by atoms with van der Waals surface area (Å²) >= 11 is 0. The number of benzene rings is 4. The van der Waals surface area contributed by atoms with Crippen LogP contribution in [0.4, 0.5) is 0 Å². The Hall–Kier alpha value is -6.15. The van der Waals surface area contributed by atoms with Crippen LogP contribution < -0.4 is 0 Å². The monoisotopic (exact) mass is 611 g/mol. The van der Waals surface area contributed by atoms with Crippen LogP contribution in [0.25, 0.3) is 27.5 Å². The quantitative estimate of drug-likeness (QED) is 0.0449. The number of fused-ring (bicyclic) bond motifs is 1. The lowest BCUT2D eigenvalue weighted by Crippen LogP contribution is -1.99. The number of nitrogens with zero attached hydrogens (tertiary/aromatic N) is 3. The summed E-state index contributed by atoms with van der Waals surface area (Å²) in [7, 11) is 0. The number of pyridine rings is 1. The van der Waals surface area contributed by atoms with Crippen LogP contribution >= 0.6 is 0 Å². The van der Waals surface area contributed by atoms with E-state index < -0.39 is 28.7 Å². The molecule has 5 aromatic rings. The van der Waals surface area contributed by atoms with Gasteiger partial charge in [0.2, 0.25) is 17.2 Å². The molecule has 0 saturated heterocycles. The fourth-order valence-corrected chi connectivity index (χ4v) is 5.03. The van der Waals surface area contributed by atoms with E-state index in [1.165, 1.54) is 0 Å². The first kappa shape index (κ1) is 31.3. The Morgan fingerprint density at radius 2 is 1.43 bits per heavy atom. The second-order valence-electron chi connectivity index (χ2n) is 10.4. The van der Waals surface area contributed by atoms with Gasteiger partial charge in [0.15, 0.2) is 11.5 Å². The van der Waals surface area contributed by atoms with Crippen molar-refractivity contribution in [3.8, 4) is 39.9 Å². The molecule has 0 aliphatic heterocycles. The lowest BCUT2D eigenvalue weighted by molar-refractivity contribution is 0.324. The molecule has 0 bridgehead atoms. The largest absolute Gasteiger partial charge is 0.504 e. The van der Waals surface area contributed by atoms with Crippen LogP contribution in [-0.4, -0.2) is 49.5 Å². The van der Waals surface area contributed by atoms with Crippen molar-refractivity contribution in [1.29, 1.82) is 0 Å². The number of aromatic hydroxyl groups is 5. The Bertz CT molecular complexity index is 1940. The molecule has 0 fully saturated rings. The first-order valence-corrected chi connectivity index (χ1v) is 14.6. The molecule has 230 valence electrons.